The van der Waals surface area contributed by atoms with Crippen LogP contribution in [0.25, 0.3) is 0 Å². The van der Waals surface area contributed by atoms with E-state index in [1.807, 2.05) is 17.5 Å². The van der Waals surface area contributed by atoms with Crippen molar-refractivity contribution in [3.8, 4) is 5.88 Å². The summed E-state index contributed by atoms with van der Waals surface area (Å²) < 4.78 is 1.41. The van der Waals surface area contributed by atoms with Gasteiger partial charge in [0.2, 0.25) is 5.88 Å². The SMILES string of the molecule is CCCCn1c(O)c(Cc2cccs2)[nH]c1=O. The normalized spacial score (nSPS) is 10.9. The van der Waals surface area contributed by atoms with Gasteiger partial charge in [-0.2, -0.15) is 0 Å². The van der Waals surface area contributed by atoms with Crippen LogP contribution in [0.3, 0.4) is 0 Å². The van der Waals surface area contributed by atoms with Crippen LogP contribution in [0.1, 0.15) is 30.3 Å². The molecule has 0 atom stereocenters. The number of hydrogen-bond donors (Lipinski definition) is 2. The van der Waals surface area contributed by atoms with Crippen molar-refractivity contribution in [2.24, 2.45) is 0 Å². The molecule has 92 valence electrons. The number of rotatable bonds is 5. The lowest BCUT2D eigenvalue weighted by Crippen LogP contribution is -2.16. The minimum Gasteiger partial charge on any atom is -0.493 e. The Hall–Kier alpha value is -1.49. The van der Waals surface area contributed by atoms with E-state index in [4.69, 9.17) is 0 Å². The van der Waals surface area contributed by atoms with Crippen LogP contribution < -0.4 is 5.69 Å². The summed E-state index contributed by atoms with van der Waals surface area (Å²) in [5.74, 6) is 0.0804. The zero-order valence-corrected chi connectivity index (χ0v) is 10.6. The van der Waals surface area contributed by atoms with E-state index in [1.54, 1.807) is 11.3 Å². The molecule has 2 rings (SSSR count). The number of aromatic nitrogens is 2. The number of unbranched alkanes of at least 4 members (excludes halogenated alkanes) is 1. The Morgan fingerprint density at radius 2 is 2.35 bits per heavy atom. The van der Waals surface area contributed by atoms with E-state index in [0.29, 0.717) is 18.7 Å². The van der Waals surface area contributed by atoms with Gasteiger partial charge in [0.1, 0.15) is 0 Å². The molecule has 2 N–H and O–H groups in total. The van der Waals surface area contributed by atoms with Crippen molar-refractivity contribution in [2.75, 3.05) is 0 Å². The number of aromatic hydroxyl groups is 1. The molecular formula is C12H16N2O2S. The fraction of sp³-hybridized carbons (Fsp3) is 0.417. The first-order valence-electron chi connectivity index (χ1n) is 5.75. The van der Waals surface area contributed by atoms with Gasteiger partial charge in [-0.1, -0.05) is 19.4 Å². The van der Waals surface area contributed by atoms with Gasteiger partial charge in [0.15, 0.2) is 0 Å². The molecule has 5 heteroatoms. The van der Waals surface area contributed by atoms with Gasteiger partial charge in [-0.05, 0) is 17.9 Å². The maximum Gasteiger partial charge on any atom is 0.328 e. The zero-order chi connectivity index (χ0) is 12.3. The summed E-state index contributed by atoms with van der Waals surface area (Å²) in [5.41, 5.74) is 0.385. The minimum absolute atomic E-state index is 0.0804. The van der Waals surface area contributed by atoms with Crippen molar-refractivity contribution in [2.45, 2.75) is 32.7 Å². The summed E-state index contributed by atoms with van der Waals surface area (Å²) in [6.07, 6.45) is 2.47. The Morgan fingerprint density at radius 1 is 1.53 bits per heavy atom. The van der Waals surface area contributed by atoms with Crippen LogP contribution >= 0.6 is 11.3 Å². The highest BCUT2D eigenvalue weighted by Gasteiger charge is 2.13. The summed E-state index contributed by atoms with van der Waals surface area (Å²) in [6, 6.07) is 3.95. The van der Waals surface area contributed by atoms with E-state index in [-0.39, 0.29) is 11.6 Å². The monoisotopic (exact) mass is 252 g/mol. The Bertz CT molecular complexity index is 525. The summed E-state index contributed by atoms with van der Waals surface area (Å²) >= 11 is 1.62. The van der Waals surface area contributed by atoms with Crippen LogP contribution in [0, 0.1) is 0 Å². The van der Waals surface area contributed by atoms with Crippen molar-refractivity contribution < 1.29 is 5.11 Å². The topological polar surface area (TPSA) is 58.0 Å². The predicted molar refractivity (Wildman–Crippen MR) is 68.8 cm³/mol. The van der Waals surface area contributed by atoms with E-state index in [2.05, 4.69) is 11.9 Å². The first-order chi connectivity index (χ1) is 8.22. The van der Waals surface area contributed by atoms with Crippen LogP contribution in [0.5, 0.6) is 5.88 Å². The molecule has 0 radical (unpaired) electrons. The highest BCUT2D eigenvalue weighted by molar-refractivity contribution is 7.09. The Balaban J connectivity index is 2.21. The third kappa shape index (κ3) is 2.61. The highest BCUT2D eigenvalue weighted by atomic mass is 32.1. The van der Waals surface area contributed by atoms with Crippen LogP contribution in [-0.2, 0) is 13.0 Å². The highest BCUT2D eigenvalue weighted by Crippen LogP contribution is 2.20. The number of imidazole rings is 1. The molecule has 2 aromatic rings. The van der Waals surface area contributed by atoms with E-state index in [9.17, 15) is 9.90 Å². The lowest BCUT2D eigenvalue weighted by atomic mass is 10.3. The zero-order valence-electron chi connectivity index (χ0n) is 9.77. The molecular weight excluding hydrogens is 236 g/mol. The first kappa shape index (κ1) is 12.0. The van der Waals surface area contributed by atoms with Crippen molar-refractivity contribution in [3.63, 3.8) is 0 Å². The molecule has 0 unspecified atom stereocenters. The minimum atomic E-state index is -0.220. The van der Waals surface area contributed by atoms with Gasteiger partial charge in [-0.25, -0.2) is 4.79 Å². The van der Waals surface area contributed by atoms with Crippen LogP contribution in [0.4, 0.5) is 0 Å². The number of nitrogens with zero attached hydrogens (tertiary/aromatic N) is 1. The van der Waals surface area contributed by atoms with Gasteiger partial charge < -0.3 is 10.1 Å². The third-order valence-electron chi connectivity index (χ3n) is 2.69. The maximum absolute atomic E-state index is 11.6. The van der Waals surface area contributed by atoms with Crippen molar-refractivity contribution in [3.05, 3.63) is 38.6 Å². The quantitative estimate of drug-likeness (QED) is 0.858. The third-order valence-corrected chi connectivity index (χ3v) is 3.57. The fourth-order valence-corrected chi connectivity index (χ4v) is 2.46. The molecule has 0 aliphatic heterocycles. The number of H-pyrrole nitrogens is 1. The number of thiophene rings is 1. The van der Waals surface area contributed by atoms with Crippen molar-refractivity contribution in [1.29, 1.82) is 0 Å². The van der Waals surface area contributed by atoms with Crippen molar-refractivity contribution >= 4 is 11.3 Å². The lowest BCUT2D eigenvalue weighted by Gasteiger charge is -2.01. The van der Waals surface area contributed by atoms with Crippen LogP contribution in [0.15, 0.2) is 22.3 Å². The number of aromatic amines is 1. The van der Waals surface area contributed by atoms with Crippen LogP contribution in [-0.4, -0.2) is 14.7 Å². The molecule has 0 spiro atoms. The van der Waals surface area contributed by atoms with Gasteiger partial charge >= 0.3 is 5.69 Å². The molecule has 0 fully saturated rings. The van der Waals surface area contributed by atoms with E-state index >= 15 is 0 Å². The van der Waals surface area contributed by atoms with Gasteiger partial charge in [0, 0.05) is 17.8 Å². The average Bonchev–Trinajstić information content (AvgIpc) is 2.89. The summed E-state index contributed by atoms with van der Waals surface area (Å²) in [7, 11) is 0. The van der Waals surface area contributed by atoms with Gasteiger partial charge in [-0.15, -0.1) is 11.3 Å². The molecule has 2 heterocycles. The first-order valence-corrected chi connectivity index (χ1v) is 6.63. The molecule has 17 heavy (non-hydrogen) atoms. The largest absolute Gasteiger partial charge is 0.493 e. The Kier molecular flexibility index (Phi) is 3.68. The number of hydrogen-bond acceptors (Lipinski definition) is 3. The van der Waals surface area contributed by atoms with E-state index < -0.39 is 0 Å². The molecule has 0 bridgehead atoms. The molecule has 4 nitrogen and oxygen atoms in total. The van der Waals surface area contributed by atoms with Gasteiger partial charge in [0.25, 0.3) is 0 Å². The molecule has 0 amide bonds. The fourth-order valence-electron chi connectivity index (χ4n) is 1.75. The molecule has 0 saturated carbocycles. The Labute approximate surface area is 104 Å². The lowest BCUT2D eigenvalue weighted by molar-refractivity contribution is 0.404. The number of nitrogens with one attached hydrogen (secondary N) is 1. The summed E-state index contributed by atoms with van der Waals surface area (Å²) in [6.45, 7) is 2.63. The standard InChI is InChI=1S/C12H16N2O2S/c1-2-3-6-14-11(15)10(13-12(14)16)8-9-5-4-7-17-9/h4-5,7,15H,2-3,6,8H2,1H3,(H,13,16). The summed E-state index contributed by atoms with van der Waals surface area (Å²) in [5, 5.41) is 12.0. The van der Waals surface area contributed by atoms with Gasteiger partial charge in [-0.3, -0.25) is 4.57 Å². The molecule has 0 aliphatic carbocycles. The second-order valence-corrected chi connectivity index (χ2v) is 5.03. The van der Waals surface area contributed by atoms with E-state index in [1.165, 1.54) is 4.57 Å². The van der Waals surface area contributed by atoms with Crippen molar-refractivity contribution in [1.82, 2.24) is 9.55 Å². The van der Waals surface area contributed by atoms with E-state index in [0.717, 1.165) is 17.7 Å². The molecule has 0 saturated heterocycles. The maximum atomic E-state index is 11.6. The van der Waals surface area contributed by atoms with Crippen LogP contribution in [0.2, 0.25) is 0 Å². The smallest absolute Gasteiger partial charge is 0.328 e. The second kappa shape index (κ2) is 5.23. The Morgan fingerprint density at radius 3 is 3.00 bits per heavy atom. The second-order valence-electron chi connectivity index (χ2n) is 3.99. The molecule has 0 aliphatic rings. The van der Waals surface area contributed by atoms with Gasteiger partial charge in [0.05, 0.1) is 5.69 Å². The summed E-state index contributed by atoms with van der Waals surface area (Å²) in [4.78, 5) is 15.5. The molecule has 0 aromatic carbocycles. The predicted octanol–water partition coefficient (Wildman–Crippen LogP) is 2.33. The molecule has 2 aromatic heterocycles. The average molecular weight is 252 g/mol.